The molecule has 6 nitrogen and oxygen atoms in total. The third-order valence-corrected chi connectivity index (χ3v) is 4.10. The number of benzene rings is 1. The molecule has 3 aromatic rings. The van der Waals surface area contributed by atoms with Gasteiger partial charge in [0.2, 0.25) is 11.7 Å². The van der Waals surface area contributed by atoms with Crippen molar-refractivity contribution in [1.82, 2.24) is 25.5 Å². The minimum atomic E-state index is -4.45. The molecule has 130 valence electrons. The third-order valence-electron chi connectivity index (χ3n) is 3.23. The van der Waals surface area contributed by atoms with Crippen molar-refractivity contribution in [3.8, 4) is 11.4 Å². The number of carbonyl (C=O) groups is 1. The molecule has 25 heavy (non-hydrogen) atoms. The zero-order valence-corrected chi connectivity index (χ0v) is 13.5. The molecular weight excluding hydrogens is 355 g/mol. The van der Waals surface area contributed by atoms with E-state index in [1.165, 1.54) is 23.5 Å². The topological polar surface area (TPSA) is 72.7 Å². The summed E-state index contributed by atoms with van der Waals surface area (Å²) in [5.74, 6) is -0.293. The number of nitrogens with one attached hydrogen (secondary N) is 1. The van der Waals surface area contributed by atoms with Gasteiger partial charge in [-0.15, -0.1) is 21.5 Å². The molecule has 0 aliphatic carbocycles. The molecule has 0 spiro atoms. The van der Waals surface area contributed by atoms with Crippen molar-refractivity contribution in [2.24, 2.45) is 0 Å². The number of nitrogens with zero attached hydrogens (tertiary/aromatic N) is 4. The molecular formula is C15H12F3N5OS. The molecule has 0 atom stereocenters. The SMILES string of the molecule is O=C(Cn1nnc(-c2cccc(C(F)(F)F)c2)n1)NCc1cccs1. The van der Waals surface area contributed by atoms with Crippen molar-refractivity contribution in [2.75, 3.05) is 0 Å². The second-order valence-corrected chi connectivity index (χ2v) is 6.11. The molecule has 0 radical (unpaired) electrons. The Hall–Kier alpha value is -2.75. The monoisotopic (exact) mass is 367 g/mol. The summed E-state index contributed by atoms with van der Waals surface area (Å²) < 4.78 is 38.2. The van der Waals surface area contributed by atoms with E-state index in [1.54, 1.807) is 0 Å². The Morgan fingerprint density at radius 1 is 1.24 bits per heavy atom. The van der Waals surface area contributed by atoms with Crippen molar-refractivity contribution >= 4 is 17.2 Å². The number of halogens is 3. The fourth-order valence-electron chi connectivity index (χ4n) is 2.04. The second kappa shape index (κ2) is 7.01. The molecule has 2 aromatic heterocycles. The number of hydrogen-bond donors (Lipinski definition) is 1. The van der Waals surface area contributed by atoms with Gasteiger partial charge < -0.3 is 5.32 Å². The van der Waals surface area contributed by atoms with Crippen LogP contribution in [0, 0.1) is 0 Å². The maximum Gasteiger partial charge on any atom is 0.416 e. The van der Waals surface area contributed by atoms with Gasteiger partial charge in [0.15, 0.2) is 0 Å². The van der Waals surface area contributed by atoms with Gasteiger partial charge in [0.1, 0.15) is 6.54 Å². The lowest BCUT2D eigenvalue weighted by molar-refractivity contribution is -0.137. The number of tetrazole rings is 1. The predicted octanol–water partition coefficient (Wildman–Crippen LogP) is 2.74. The van der Waals surface area contributed by atoms with Crippen LogP contribution in [0.3, 0.4) is 0 Å². The standard InChI is InChI=1S/C15H12F3N5OS/c16-15(17,18)11-4-1-3-10(7-11)14-20-22-23(21-14)9-13(24)19-8-12-5-2-6-25-12/h1-7H,8-9H2,(H,19,24). The summed E-state index contributed by atoms with van der Waals surface area (Å²) in [6.45, 7) is 0.225. The van der Waals surface area contributed by atoms with Crippen LogP contribution >= 0.6 is 11.3 Å². The van der Waals surface area contributed by atoms with Gasteiger partial charge in [-0.1, -0.05) is 18.2 Å². The van der Waals surface area contributed by atoms with E-state index in [0.29, 0.717) is 6.54 Å². The lowest BCUT2D eigenvalue weighted by atomic mass is 10.1. The summed E-state index contributed by atoms with van der Waals surface area (Å²) in [4.78, 5) is 13.9. The first-order chi connectivity index (χ1) is 11.9. The highest BCUT2D eigenvalue weighted by molar-refractivity contribution is 7.09. The van der Waals surface area contributed by atoms with Crippen molar-refractivity contribution in [2.45, 2.75) is 19.3 Å². The number of hydrogen-bond acceptors (Lipinski definition) is 5. The van der Waals surface area contributed by atoms with E-state index in [0.717, 1.165) is 21.8 Å². The fraction of sp³-hybridized carbons (Fsp3) is 0.200. The molecule has 0 aliphatic heterocycles. The molecule has 0 unspecified atom stereocenters. The van der Waals surface area contributed by atoms with Gasteiger partial charge in [-0.2, -0.15) is 18.0 Å². The van der Waals surface area contributed by atoms with Crippen LogP contribution in [0.5, 0.6) is 0 Å². The molecule has 1 N–H and O–H groups in total. The molecule has 3 rings (SSSR count). The van der Waals surface area contributed by atoms with Crippen LogP contribution in [0.1, 0.15) is 10.4 Å². The Morgan fingerprint density at radius 3 is 2.80 bits per heavy atom. The van der Waals surface area contributed by atoms with Crippen LogP contribution < -0.4 is 5.32 Å². The predicted molar refractivity (Wildman–Crippen MR) is 84.4 cm³/mol. The molecule has 1 amide bonds. The molecule has 2 heterocycles. The van der Waals surface area contributed by atoms with Gasteiger partial charge in [-0.3, -0.25) is 4.79 Å². The first kappa shape index (κ1) is 17.1. The summed E-state index contributed by atoms with van der Waals surface area (Å²) in [6.07, 6.45) is -4.45. The average molecular weight is 367 g/mol. The Bertz CT molecular complexity index is 860. The van der Waals surface area contributed by atoms with E-state index in [1.807, 2.05) is 17.5 Å². The largest absolute Gasteiger partial charge is 0.416 e. The molecule has 10 heteroatoms. The van der Waals surface area contributed by atoms with Crippen molar-refractivity contribution < 1.29 is 18.0 Å². The van der Waals surface area contributed by atoms with Gasteiger partial charge in [0.05, 0.1) is 12.1 Å². The summed E-state index contributed by atoms with van der Waals surface area (Å²) in [5.41, 5.74) is -0.616. The molecule has 0 bridgehead atoms. The minimum Gasteiger partial charge on any atom is -0.350 e. The van der Waals surface area contributed by atoms with Gasteiger partial charge >= 0.3 is 6.18 Å². The van der Waals surface area contributed by atoms with Crippen LogP contribution in [0.2, 0.25) is 0 Å². The molecule has 0 saturated carbocycles. The smallest absolute Gasteiger partial charge is 0.350 e. The number of alkyl halides is 3. The van der Waals surface area contributed by atoms with Gasteiger partial charge in [0.25, 0.3) is 0 Å². The Morgan fingerprint density at radius 2 is 2.08 bits per heavy atom. The van der Waals surface area contributed by atoms with E-state index in [2.05, 4.69) is 20.7 Å². The zero-order valence-electron chi connectivity index (χ0n) is 12.7. The van der Waals surface area contributed by atoms with E-state index >= 15 is 0 Å². The van der Waals surface area contributed by atoms with Crippen LogP contribution in [-0.4, -0.2) is 26.1 Å². The Kier molecular flexibility index (Phi) is 4.79. The van der Waals surface area contributed by atoms with Gasteiger partial charge in [0, 0.05) is 10.4 Å². The lowest BCUT2D eigenvalue weighted by Crippen LogP contribution is -2.27. The minimum absolute atomic E-state index is 0.0251. The molecule has 0 saturated heterocycles. The maximum absolute atomic E-state index is 12.7. The first-order valence-electron chi connectivity index (χ1n) is 7.16. The van der Waals surface area contributed by atoms with Crippen molar-refractivity contribution in [3.63, 3.8) is 0 Å². The highest BCUT2D eigenvalue weighted by Gasteiger charge is 2.30. The van der Waals surface area contributed by atoms with Crippen molar-refractivity contribution in [1.29, 1.82) is 0 Å². The highest BCUT2D eigenvalue weighted by Crippen LogP contribution is 2.31. The van der Waals surface area contributed by atoms with E-state index < -0.39 is 11.7 Å². The first-order valence-corrected chi connectivity index (χ1v) is 8.04. The van der Waals surface area contributed by atoms with E-state index in [9.17, 15) is 18.0 Å². The van der Waals surface area contributed by atoms with Crippen LogP contribution in [0.4, 0.5) is 13.2 Å². The van der Waals surface area contributed by atoms with Gasteiger partial charge in [-0.25, -0.2) is 0 Å². The average Bonchev–Trinajstić information content (AvgIpc) is 3.24. The Labute approximate surface area is 144 Å². The normalized spacial score (nSPS) is 11.5. The molecule has 0 aliphatic rings. The number of carbonyl (C=O) groups excluding carboxylic acids is 1. The fourth-order valence-corrected chi connectivity index (χ4v) is 2.69. The zero-order chi connectivity index (χ0) is 17.9. The molecule has 0 fully saturated rings. The number of rotatable bonds is 5. The number of amides is 1. The van der Waals surface area contributed by atoms with Crippen LogP contribution in [0.15, 0.2) is 41.8 Å². The summed E-state index contributed by atoms with van der Waals surface area (Å²) in [7, 11) is 0. The van der Waals surface area contributed by atoms with Crippen molar-refractivity contribution in [3.05, 3.63) is 52.2 Å². The van der Waals surface area contributed by atoms with E-state index in [-0.39, 0.29) is 23.8 Å². The number of thiophene rings is 1. The Balaban J connectivity index is 1.65. The van der Waals surface area contributed by atoms with Gasteiger partial charge in [-0.05, 0) is 28.8 Å². The number of aromatic nitrogens is 4. The quantitative estimate of drug-likeness (QED) is 0.753. The summed E-state index contributed by atoms with van der Waals surface area (Å²) in [6, 6.07) is 8.40. The molecule has 1 aromatic carbocycles. The summed E-state index contributed by atoms with van der Waals surface area (Å²) >= 11 is 1.52. The van der Waals surface area contributed by atoms with Crippen LogP contribution in [-0.2, 0) is 24.1 Å². The second-order valence-electron chi connectivity index (χ2n) is 5.08. The maximum atomic E-state index is 12.7. The summed E-state index contributed by atoms with van der Waals surface area (Å²) in [5, 5.41) is 16.0. The third kappa shape index (κ3) is 4.41. The highest BCUT2D eigenvalue weighted by atomic mass is 32.1. The van der Waals surface area contributed by atoms with E-state index in [4.69, 9.17) is 0 Å². The van der Waals surface area contributed by atoms with Crippen LogP contribution in [0.25, 0.3) is 11.4 Å². The lowest BCUT2D eigenvalue weighted by Gasteiger charge is -2.06.